The zero-order valence-corrected chi connectivity index (χ0v) is 9.01. The van der Waals surface area contributed by atoms with E-state index in [0.717, 1.165) is 19.3 Å². The molecule has 0 aromatic carbocycles. The monoisotopic (exact) mass is 233 g/mol. The number of aryl methyl sites for hydroxylation is 1. The van der Waals surface area contributed by atoms with Crippen molar-refractivity contribution in [2.75, 3.05) is 6.54 Å². The predicted molar refractivity (Wildman–Crippen MR) is 52.8 cm³/mol. The fraction of sp³-hybridized carbons (Fsp3) is 0.700. The van der Waals surface area contributed by atoms with Crippen molar-refractivity contribution in [1.82, 2.24) is 9.78 Å². The summed E-state index contributed by atoms with van der Waals surface area (Å²) >= 11 is 0. The summed E-state index contributed by atoms with van der Waals surface area (Å²) in [5, 5.41) is 3.51. The van der Waals surface area contributed by atoms with Gasteiger partial charge in [-0.15, -0.1) is 0 Å². The largest absolute Gasteiger partial charge is 0.435 e. The van der Waals surface area contributed by atoms with Crippen molar-refractivity contribution in [3.8, 4) is 0 Å². The van der Waals surface area contributed by atoms with Crippen LogP contribution in [-0.4, -0.2) is 16.3 Å². The third kappa shape index (κ3) is 1.61. The van der Waals surface area contributed by atoms with Gasteiger partial charge in [0.25, 0.3) is 0 Å². The molecule has 1 saturated carbocycles. The highest BCUT2D eigenvalue weighted by Crippen LogP contribution is 2.46. The highest BCUT2D eigenvalue weighted by molar-refractivity contribution is 5.32. The molecule has 1 aromatic heterocycles. The van der Waals surface area contributed by atoms with Gasteiger partial charge in [0.15, 0.2) is 5.69 Å². The lowest BCUT2D eigenvalue weighted by atomic mass is 9.64. The van der Waals surface area contributed by atoms with Crippen LogP contribution in [-0.2, 0) is 18.6 Å². The van der Waals surface area contributed by atoms with E-state index in [0.29, 0.717) is 0 Å². The van der Waals surface area contributed by atoms with Crippen LogP contribution in [0.4, 0.5) is 13.2 Å². The molecule has 90 valence electrons. The molecule has 2 rings (SSSR count). The maximum absolute atomic E-state index is 12.8. The Balaban J connectivity index is 2.48. The Morgan fingerprint density at radius 1 is 1.50 bits per heavy atom. The molecule has 1 fully saturated rings. The third-order valence-corrected chi connectivity index (χ3v) is 3.37. The minimum Gasteiger partial charge on any atom is -0.330 e. The third-order valence-electron chi connectivity index (χ3n) is 3.37. The van der Waals surface area contributed by atoms with Crippen molar-refractivity contribution in [2.24, 2.45) is 12.8 Å². The molecule has 2 N–H and O–H groups in total. The second-order valence-electron chi connectivity index (χ2n) is 4.40. The molecule has 1 aliphatic carbocycles. The van der Waals surface area contributed by atoms with E-state index < -0.39 is 17.3 Å². The summed E-state index contributed by atoms with van der Waals surface area (Å²) in [6.45, 7) is 0.252. The van der Waals surface area contributed by atoms with Gasteiger partial charge < -0.3 is 5.73 Å². The van der Waals surface area contributed by atoms with Crippen LogP contribution in [0.5, 0.6) is 0 Å². The van der Waals surface area contributed by atoms with Gasteiger partial charge in [-0.3, -0.25) is 4.68 Å². The van der Waals surface area contributed by atoms with E-state index in [1.165, 1.54) is 17.9 Å². The van der Waals surface area contributed by atoms with Crippen molar-refractivity contribution >= 4 is 0 Å². The number of alkyl halides is 3. The summed E-state index contributed by atoms with van der Waals surface area (Å²) in [4.78, 5) is 0. The minimum atomic E-state index is -4.39. The number of hydrogen-bond donors (Lipinski definition) is 1. The van der Waals surface area contributed by atoms with E-state index in [-0.39, 0.29) is 12.1 Å². The van der Waals surface area contributed by atoms with Crippen molar-refractivity contribution < 1.29 is 13.2 Å². The normalized spacial score (nSPS) is 19.6. The first-order chi connectivity index (χ1) is 7.39. The van der Waals surface area contributed by atoms with Gasteiger partial charge in [-0.1, -0.05) is 6.42 Å². The first-order valence-electron chi connectivity index (χ1n) is 5.20. The Morgan fingerprint density at radius 3 is 2.50 bits per heavy atom. The van der Waals surface area contributed by atoms with E-state index in [2.05, 4.69) is 5.10 Å². The predicted octanol–water partition coefficient (Wildman–Crippen LogP) is 1.82. The standard InChI is InChI=1S/C10H14F3N3/c1-16-5-7(8(15-16)10(11,12)13)9(6-14)3-2-4-9/h5H,2-4,6,14H2,1H3. The molecule has 0 bridgehead atoms. The summed E-state index contributed by atoms with van der Waals surface area (Å²) < 4.78 is 39.5. The van der Waals surface area contributed by atoms with Gasteiger partial charge in [-0.2, -0.15) is 18.3 Å². The average Bonchev–Trinajstić information content (AvgIpc) is 2.46. The van der Waals surface area contributed by atoms with Crippen LogP contribution in [0.15, 0.2) is 6.20 Å². The Labute approximate surface area is 91.4 Å². The van der Waals surface area contributed by atoms with Gasteiger partial charge >= 0.3 is 6.18 Å². The van der Waals surface area contributed by atoms with Crippen LogP contribution < -0.4 is 5.73 Å². The lowest BCUT2D eigenvalue weighted by Gasteiger charge is -2.41. The number of hydrogen-bond acceptors (Lipinski definition) is 2. The molecule has 1 aliphatic rings. The summed E-state index contributed by atoms with van der Waals surface area (Å²) in [6.07, 6.45) is -0.566. The number of aromatic nitrogens is 2. The van der Waals surface area contributed by atoms with Crippen LogP contribution in [0, 0.1) is 0 Å². The zero-order valence-electron chi connectivity index (χ0n) is 9.01. The van der Waals surface area contributed by atoms with Crippen LogP contribution in [0.25, 0.3) is 0 Å². The van der Waals surface area contributed by atoms with E-state index in [1.807, 2.05) is 0 Å². The molecule has 0 aliphatic heterocycles. The Hall–Kier alpha value is -1.04. The SMILES string of the molecule is Cn1cc(C2(CN)CCC2)c(C(F)(F)F)n1. The number of halogens is 3. The van der Waals surface area contributed by atoms with Gasteiger partial charge in [0.2, 0.25) is 0 Å². The first-order valence-corrected chi connectivity index (χ1v) is 5.20. The molecule has 0 spiro atoms. The van der Waals surface area contributed by atoms with Crippen LogP contribution >= 0.6 is 0 Å². The second kappa shape index (κ2) is 3.48. The smallest absolute Gasteiger partial charge is 0.330 e. The van der Waals surface area contributed by atoms with Gasteiger partial charge in [0.05, 0.1) is 0 Å². The molecular formula is C10H14F3N3. The Kier molecular flexibility index (Phi) is 2.49. The van der Waals surface area contributed by atoms with Crippen molar-refractivity contribution in [3.05, 3.63) is 17.5 Å². The van der Waals surface area contributed by atoms with Crippen LogP contribution in [0.3, 0.4) is 0 Å². The van der Waals surface area contributed by atoms with E-state index in [1.54, 1.807) is 0 Å². The topological polar surface area (TPSA) is 43.8 Å². The molecule has 0 atom stereocenters. The second-order valence-corrected chi connectivity index (χ2v) is 4.40. The molecule has 0 unspecified atom stereocenters. The fourth-order valence-corrected chi connectivity index (χ4v) is 2.27. The molecule has 6 heteroatoms. The fourth-order valence-electron chi connectivity index (χ4n) is 2.27. The molecule has 3 nitrogen and oxygen atoms in total. The van der Waals surface area contributed by atoms with Gasteiger partial charge in [0.1, 0.15) is 0 Å². The number of rotatable bonds is 2. The van der Waals surface area contributed by atoms with Gasteiger partial charge in [-0.25, -0.2) is 0 Å². The van der Waals surface area contributed by atoms with Gasteiger partial charge in [0, 0.05) is 30.8 Å². The summed E-state index contributed by atoms with van der Waals surface area (Å²) in [5.74, 6) is 0. The number of nitrogens with two attached hydrogens (primary N) is 1. The quantitative estimate of drug-likeness (QED) is 0.846. The number of nitrogens with zero attached hydrogens (tertiary/aromatic N) is 2. The lowest BCUT2D eigenvalue weighted by Crippen LogP contribution is -2.42. The van der Waals surface area contributed by atoms with Crippen LogP contribution in [0.1, 0.15) is 30.5 Å². The summed E-state index contributed by atoms with van der Waals surface area (Å²) in [6, 6.07) is 0. The summed E-state index contributed by atoms with van der Waals surface area (Å²) in [7, 11) is 1.50. The average molecular weight is 233 g/mol. The Morgan fingerprint density at radius 2 is 2.12 bits per heavy atom. The molecular weight excluding hydrogens is 219 g/mol. The van der Waals surface area contributed by atoms with E-state index in [9.17, 15) is 13.2 Å². The minimum absolute atomic E-state index is 0.252. The van der Waals surface area contributed by atoms with E-state index >= 15 is 0 Å². The maximum atomic E-state index is 12.8. The highest BCUT2D eigenvalue weighted by Gasteiger charge is 2.46. The first kappa shape index (κ1) is 11.4. The lowest BCUT2D eigenvalue weighted by molar-refractivity contribution is -0.143. The molecule has 0 amide bonds. The molecule has 16 heavy (non-hydrogen) atoms. The van der Waals surface area contributed by atoms with Crippen LogP contribution in [0.2, 0.25) is 0 Å². The highest BCUT2D eigenvalue weighted by atomic mass is 19.4. The molecule has 0 radical (unpaired) electrons. The van der Waals surface area contributed by atoms with Crippen molar-refractivity contribution in [3.63, 3.8) is 0 Å². The maximum Gasteiger partial charge on any atom is 0.435 e. The summed E-state index contributed by atoms with van der Waals surface area (Å²) in [5.41, 5.74) is 4.60. The van der Waals surface area contributed by atoms with E-state index in [4.69, 9.17) is 5.73 Å². The van der Waals surface area contributed by atoms with Crippen molar-refractivity contribution in [1.29, 1.82) is 0 Å². The molecule has 1 aromatic rings. The van der Waals surface area contributed by atoms with Gasteiger partial charge in [-0.05, 0) is 12.8 Å². The molecule has 1 heterocycles. The Bertz CT molecular complexity index is 385. The molecule has 0 saturated heterocycles. The van der Waals surface area contributed by atoms with Crippen molar-refractivity contribution in [2.45, 2.75) is 30.9 Å². The zero-order chi connectivity index (χ0) is 12.0.